The summed E-state index contributed by atoms with van der Waals surface area (Å²) in [5.41, 5.74) is 2.42. The molecule has 0 spiro atoms. The average Bonchev–Trinajstić information content (AvgIpc) is 2.67. The number of amides is 3. The van der Waals surface area contributed by atoms with Gasteiger partial charge in [-0.2, -0.15) is 0 Å². The number of aryl methyl sites for hydroxylation is 1. The molecule has 0 bridgehead atoms. The highest BCUT2D eigenvalue weighted by molar-refractivity contribution is 9.10. The lowest BCUT2D eigenvalue weighted by molar-refractivity contribution is -0.127. The Morgan fingerprint density at radius 2 is 1.69 bits per heavy atom. The first kappa shape index (κ1) is 25.1. The molecular formula is C22H27BrN4O5. The zero-order valence-corrected chi connectivity index (χ0v) is 20.2. The van der Waals surface area contributed by atoms with Crippen LogP contribution in [0, 0.1) is 0 Å². The summed E-state index contributed by atoms with van der Waals surface area (Å²) in [7, 11) is 1.50. The van der Waals surface area contributed by atoms with Gasteiger partial charge in [-0.3, -0.25) is 25.2 Å². The van der Waals surface area contributed by atoms with E-state index >= 15 is 0 Å². The molecule has 32 heavy (non-hydrogen) atoms. The van der Waals surface area contributed by atoms with Crippen molar-refractivity contribution in [3.63, 3.8) is 0 Å². The van der Waals surface area contributed by atoms with E-state index in [0.29, 0.717) is 4.47 Å². The van der Waals surface area contributed by atoms with Crippen molar-refractivity contribution >= 4 is 33.8 Å². The molecule has 0 aliphatic carbocycles. The Balaban J connectivity index is 2.21. The predicted octanol–water partition coefficient (Wildman–Crippen LogP) is 2.43. The van der Waals surface area contributed by atoms with Crippen molar-refractivity contribution in [3.05, 3.63) is 68.5 Å². The summed E-state index contributed by atoms with van der Waals surface area (Å²) < 4.78 is 7.06. The maximum absolute atomic E-state index is 13.0. The molecule has 1 aromatic heterocycles. The third-order valence-corrected chi connectivity index (χ3v) is 4.80. The Bertz CT molecular complexity index is 1060. The summed E-state index contributed by atoms with van der Waals surface area (Å²) in [6, 6.07) is 10.4. The van der Waals surface area contributed by atoms with Crippen LogP contribution in [0.15, 0.2) is 51.9 Å². The minimum atomic E-state index is -1.46. The van der Waals surface area contributed by atoms with E-state index < -0.39 is 34.6 Å². The zero-order valence-electron chi connectivity index (χ0n) is 18.6. The molecule has 1 heterocycles. The Morgan fingerprint density at radius 1 is 1.06 bits per heavy atom. The molecule has 2 aromatic rings. The van der Waals surface area contributed by atoms with Gasteiger partial charge in [0.05, 0.1) is 0 Å². The van der Waals surface area contributed by atoms with Crippen molar-refractivity contribution in [1.82, 2.24) is 20.7 Å². The van der Waals surface area contributed by atoms with Gasteiger partial charge in [-0.15, -0.1) is 0 Å². The smallest absolute Gasteiger partial charge is 0.408 e. The topological polar surface area (TPSA) is 119 Å². The molecule has 172 valence electrons. The summed E-state index contributed by atoms with van der Waals surface area (Å²) >= 11 is 3.23. The molecule has 10 heteroatoms. The fourth-order valence-corrected chi connectivity index (χ4v) is 3.40. The molecule has 0 unspecified atom stereocenters. The normalized spacial score (nSPS) is 12.9. The molecule has 2 rings (SSSR count). The second kappa shape index (κ2) is 9.99. The molecule has 0 aliphatic rings. The van der Waals surface area contributed by atoms with Crippen molar-refractivity contribution in [2.24, 2.45) is 7.05 Å². The van der Waals surface area contributed by atoms with Gasteiger partial charge in [-0.25, -0.2) is 4.79 Å². The molecule has 0 saturated heterocycles. The summed E-state index contributed by atoms with van der Waals surface area (Å²) in [6.07, 6.45) is 0.866. The molecule has 3 N–H and O–H groups in total. The molecule has 0 fully saturated rings. The Hall–Kier alpha value is -3.14. The number of rotatable bonds is 5. The lowest BCUT2D eigenvalue weighted by Crippen LogP contribution is -2.61. The van der Waals surface area contributed by atoms with Gasteiger partial charge in [0, 0.05) is 24.1 Å². The van der Waals surface area contributed by atoms with Crippen LogP contribution < -0.4 is 21.7 Å². The first-order chi connectivity index (χ1) is 14.8. The van der Waals surface area contributed by atoms with E-state index in [1.54, 1.807) is 20.8 Å². The van der Waals surface area contributed by atoms with Crippen LogP contribution in [0.5, 0.6) is 0 Å². The second-order valence-corrected chi connectivity index (χ2v) is 9.43. The van der Waals surface area contributed by atoms with Crippen LogP contribution in [0.25, 0.3) is 0 Å². The Kier molecular flexibility index (Phi) is 7.84. The van der Waals surface area contributed by atoms with Gasteiger partial charge in [-0.1, -0.05) is 30.3 Å². The standard InChI is InChI=1S/C22H27BrN4O5/c1-21(2,3)32-20(31)24-22(4,12-14-9-7-6-8-10-14)19(30)26-25-17(28)16-11-15(23)13-27(5)18(16)29/h6-11,13H,12H2,1-5H3,(H,24,31)(H,25,28)(H,26,30)/t22-/m1/s1. The van der Waals surface area contributed by atoms with Crippen LogP contribution in [-0.4, -0.2) is 33.6 Å². The average molecular weight is 507 g/mol. The van der Waals surface area contributed by atoms with Crippen molar-refractivity contribution in [1.29, 1.82) is 0 Å². The van der Waals surface area contributed by atoms with Crippen LogP contribution in [0.3, 0.4) is 0 Å². The number of ether oxygens (including phenoxy) is 1. The van der Waals surface area contributed by atoms with E-state index in [9.17, 15) is 19.2 Å². The van der Waals surface area contributed by atoms with E-state index in [-0.39, 0.29) is 12.0 Å². The number of carbonyl (C=O) groups is 3. The number of nitrogens with one attached hydrogen (secondary N) is 3. The number of benzene rings is 1. The molecule has 0 aliphatic heterocycles. The van der Waals surface area contributed by atoms with Crippen LogP contribution >= 0.6 is 15.9 Å². The van der Waals surface area contributed by atoms with Gasteiger partial charge in [0.15, 0.2) is 0 Å². The zero-order chi connectivity index (χ0) is 24.1. The van der Waals surface area contributed by atoms with Gasteiger partial charge in [-0.05, 0) is 55.3 Å². The van der Waals surface area contributed by atoms with Crippen LogP contribution in [0.4, 0.5) is 4.79 Å². The number of carbonyl (C=O) groups excluding carboxylic acids is 3. The highest BCUT2D eigenvalue weighted by atomic mass is 79.9. The maximum atomic E-state index is 13.0. The first-order valence-corrected chi connectivity index (χ1v) is 10.6. The van der Waals surface area contributed by atoms with Crippen molar-refractivity contribution in [2.45, 2.75) is 45.3 Å². The van der Waals surface area contributed by atoms with Crippen molar-refractivity contribution < 1.29 is 19.1 Å². The molecule has 1 aromatic carbocycles. The number of pyridine rings is 1. The minimum Gasteiger partial charge on any atom is -0.444 e. The van der Waals surface area contributed by atoms with Gasteiger partial charge in [0.25, 0.3) is 17.4 Å². The number of alkyl carbamates (subject to hydrolysis) is 1. The SMILES string of the molecule is Cn1cc(Br)cc(C(=O)NNC(=O)[C@@](C)(Cc2ccccc2)NC(=O)OC(C)(C)C)c1=O. The molecule has 1 atom stereocenters. The number of halogens is 1. The van der Waals surface area contributed by atoms with Crippen molar-refractivity contribution in [3.8, 4) is 0 Å². The predicted molar refractivity (Wildman–Crippen MR) is 123 cm³/mol. The molecular weight excluding hydrogens is 480 g/mol. The maximum Gasteiger partial charge on any atom is 0.408 e. The van der Waals surface area contributed by atoms with E-state index in [4.69, 9.17) is 4.74 Å². The third kappa shape index (κ3) is 6.94. The number of hydrogen-bond acceptors (Lipinski definition) is 5. The summed E-state index contributed by atoms with van der Waals surface area (Å²) in [5.74, 6) is -1.48. The Labute approximate surface area is 194 Å². The van der Waals surface area contributed by atoms with E-state index in [1.165, 1.54) is 30.8 Å². The second-order valence-electron chi connectivity index (χ2n) is 8.52. The summed E-state index contributed by atoms with van der Waals surface area (Å²) in [5, 5.41) is 2.59. The molecule has 0 saturated carbocycles. The number of hydrogen-bond donors (Lipinski definition) is 3. The van der Waals surface area contributed by atoms with Gasteiger partial charge < -0.3 is 14.6 Å². The van der Waals surface area contributed by atoms with Crippen LogP contribution in [0.2, 0.25) is 0 Å². The van der Waals surface area contributed by atoms with E-state index in [2.05, 4.69) is 32.1 Å². The third-order valence-electron chi connectivity index (χ3n) is 4.36. The quantitative estimate of drug-likeness (QED) is 0.538. The molecule has 3 amide bonds. The van der Waals surface area contributed by atoms with Crippen LogP contribution in [-0.2, 0) is 23.0 Å². The van der Waals surface area contributed by atoms with Crippen molar-refractivity contribution in [2.75, 3.05) is 0 Å². The lowest BCUT2D eigenvalue weighted by Gasteiger charge is -2.31. The summed E-state index contributed by atoms with van der Waals surface area (Å²) in [6.45, 7) is 6.64. The van der Waals surface area contributed by atoms with E-state index in [0.717, 1.165) is 5.56 Å². The highest BCUT2D eigenvalue weighted by Crippen LogP contribution is 2.16. The number of aromatic nitrogens is 1. The van der Waals surface area contributed by atoms with E-state index in [1.807, 2.05) is 30.3 Å². The monoisotopic (exact) mass is 506 g/mol. The Morgan fingerprint density at radius 3 is 2.28 bits per heavy atom. The number of nitrogens with zero attached hydrogens (tertiary/aromatic N) is 1. The fraction of sp³-hybridized carbons (Fsp3) is 0.364. The number of hydrazine groups is 1. The molecule has 9 nitrogen and oxygen atoms in total. The van der Waals surface area contributed by atoms with Crippen LogP contribution in [0.1, 0.15) is 43.6 Å². The first-order valence-electron chi connectivity index (χ1n) is 9.83. The van der Waals surface area contributed by atoms with Gasteiger partial charge in [0.2, 0.25) is 0 Å². The largest absolute Gasteiger partial charge is 0.444 e. The summed E-state index contributed by atoms with van der Waals surface area (Å²) in [4.78, 5) is 50.2. The minimum absolute atomic E-state index is 0.132. The van der Waals surface area contributed by atoms with Gasteiger partial charge in [0.1, 0.15) is 16.7 Å². The molecule has 0 radical (unpaired) electrons. The fourth-order valence-electron chi connectivity index (χ4n) is 2.87. The highest BCUT2D eigenvalue weighted by Gasteiger charge is 2.37. The lowest BCUT2D eigenvalue weighted by atomic mass is 9.92. The van der Waals surface area contributed by atoms with Gasteiger partial charge >= 0.3 is 6.09 Å².